The first-order valence-corrected chi connectivity index (χ1v) is 9.42. The van der Waals surface area contributed by atoms with Crippen LogP contribution in [0.2, 0.25) is 5.02 Å². The third-order valence-electron chi connectivity index (χ3n) is 5.08. The molecule has 0 radical (unpaired) electrons. The summed E-state index contributed by atoms with van der Waals surface area (Å²) in [5, 5.41) is 0.0960. The quantitative estimate of drug-likeness (QED) is 0.590. The SMILES string of the molecule is CC=C[C@H]1CC[C@H](CCc2cnc(-c3ccc(F)c(Cl)c3)nc2)CC1. The smallest absolute Gasteiger partial charge is 0.159 e. The molecule has 1 aromatic heterocycles. The van der Waals surface area contributed by atoms with Crippen molar-refractivity contribution in [2.24, 2.45) is 11.8 Å². The van der Waals surface area contributed by atoms with Gasteiger partial charge < -0.3 is 0 Å². The Labute approximate surface area is 154 Å². The predicted molar refractivity (Wildman–Crippen MR) is 101 cm³/mol. The van der Waals surface area contributed by atoms with Crippen LogP contribution in [-0.4, -0.2) is 9.97 Å². The van der Waals surface area contributed by atoms with Gasteiger partial charge in [-0.2, -0.15) is 0 Å². The number of aryl methyl sites for hydroxylation is 1. The second-order valence-electron chi connectivity index (χ2n) is 6.89. The van der Waals surface area contributed by atoms with E-state index in [0.717, 1.165) is 29.4 Å². The molecule has 2 aromatic rings. The molecule has 1 aliphatic rings. The number of nitrogens with zero attached hydrogens (tertiary/aromatic N) is 2. The number of hydrogen-bond donors (Lipinski definition) is 0. The largest absolute Gasteiger partial charge is 0.236 e. The lowest BCUT2D eigenvalue weighted by Gasteiger charge is -2.26. The van der Waals surface area contributed by atoms with Crippen molar-refractivity contribution in [3.05, 3.63) is 59.1 Å². The number of halogens is 2. The minimum absolute atomic E-state index is 0.0960. The van der Waals surface area contributed by atoms with Crippen LogP contribution in [0.25, 0.3) is 11.4 Å². The summed E-state index contributed by atoms with van der Waals surface area (Å²) in [5.74, 6) is 1.76. The molecule has 132 valence electrons. The standard InChI is InChI=1S/C21H24ClFN2/c1-2-3-15-4-6-16(7-5-15)8-9-17-13-24-21(25-14-17)18-10-11-20(23)19(22)12-18/h2-3,10-16H,4-9H2,1H3/t15-,16-. The van der Waals surface area contributed by atoms with Gasteiger partial charge >= 0.3 is 0 Å². The molecule has 0 N–H and O–H groups in total. The Kier molecular flexibility index (Phi) is 6.19. The maximum atomic E-state index is 13.2. The average Bonchev–Trinajstić information content (AvgIpc) is 2.64. The molecule has 3 rings (SSSR count). The summed E-state index contributed by atoms with van der Waals surface area (Å²) in [6, 6.07) is 4.56. The van der Waals surface area contributed by atoms with Crippen molar-refractivity contribution in [3.8, 4) is 11.4 Å². The molecule has 2 nitrogen and oxygen atoms in total. The second-order valence-corrected chi connectivity index (χ2v) is 7.30. The van der Waals surface area contributed by atoms with Crippen LogP contribution >= 0.6 is 11.6 Å². The molecule has 0 saturated heterocycles. The molecule has 25 heavy (non-hydrogen) atoms. The Hall–Kier alpha value is -1.74. The zero-order valence-corrected chi connectivity index (χ0v) is 15.3. The number of allylic oxidation sites excluding steroid dienone is 2. The summed E-state index contributed by atoms with van der Waals surface area (Å²) in [4.78, 5) is 8.84. The van der Waals surface area contributed by atoms with E-state index >= 15 is 0 Å². The molecule has 1 aromatic carbocycles. The van der Waals surface area contributed by atoms with Gasteiger partial charge in [0.25, 0.3) is 0 Å². The van der Waals surface area contributed by atoms with E-state index in [1.807, 2.05) is 12.4 Å². The maximum Gasteiger partial charge on any atom is 0.159 e. The van der Waals surface area contributed by atoms with Crippen molar-refractivity contribution in [1.29, 1.82) is 0 Å². The molecular formula is C21H24ClFN2. The van der Waals surface area contributed by atoms with E-state index in [2.05, 4.69) is 29.0 Å². The van der Waals surface area contributed by atoms with Crippen molar-refractivity contribution >= 4 is 11.6 Å². The Morgan fingerprint density at radius 3 is 2.52 bits per heavy atom. The molecule has 0 unspecified atom stereocenters. The van der Waals surface area contributed by atoms with E-state index in [1.54, 1.807) is 12.1 Å². The minimum Gasteiger partial charge on any atom is -0.236 e. The van der Waals surface area contributed by atoms with Crippen LogP contribution in [0, 0.1) is 17.7 Å². The molecule has 0 bridgehead atoms. The third kappa shape index (κ3) is 4.88. The van der Waals surface area contributed by atoms with E-state index in [4.69, 9.17) is 11.6 Å². The first kappa shape index (κ1) is 18.1. The fraction of sp³-hybridized carbons (Fsp3) is 0.429. The van der Waals surface area contributed by atoms with Crippen LogP contribution in [0.4, 0.5) is 4.39 Å². The normalized spacial score (nSPS) is 20.9. The molecule has 0 aliphatic heterocycles. The van der Waals surface area contributed by atoms with Crippen LogP contribution in [0.1, 0.15) is 44.6 Å². The van der Waals surface area contributed by atoms with Gasteiger partial charge in [0.15, 0.2) is 5.82 Å². The topological polar surface area (TPSA) is 25.8 Å². The van der Waals surface area contributed by atoms with E-state index in [1.165, 1.54) is 38.2 Å². The van der Waals surface area contributed by atoms with Crippen LogP contribution in [-0.2, 0) is 6.42 Å². The monoisotopic (exact) mass is 358 g/mol. The molecule has 0 atom stereocenters. The van der Waals surface area contributed by atoms with Crippen molar-refractivity contribution in [3.63, 3.8) is 0 Å². The molecule has 1 saturated carbocycles. The van der Waals surface area contributed by atoms with Gasteiger partial charge in [0.2, 0.25) is 0 Å². The number of benzene rings is 1. The summed E-state index contributed by atoms with van der Waals surface area (Å²) >= 11 is 5.83. The average molecular weight is 359 g/mol. The van der Waals surface area contributed by atoms with Gasteiger partial charge in [-0.3, -0.25) is 0 Å². The summed E-state index contributed by atoms with van der Waals surface area (Å²) in [6.45, 7) is 2.11. The third-order valence-corrected chi connectivity index (χ3v) is 5.37. The summed E-state index contributed by atoms with van der Waals surface area (Å²) < 4.78 is 13.2. The van der Waals surface area contributed by atoms with Crippen molar-refractivity contribution in [2.45, 2.75) is 45.4 Å². The number of rotatable bonds is 5. The minimum atomic E-state index is -0.425. The molecule has 4 heteroatoms. The van der Waals surface area contributed by atoms with Gasteiger partial charge in [0, 0.05) is 18.0 Å². The van der Waals surface area contributed by atoms with Crippen LogP contribution in [0.3, 0.4) is 0 Å². The molecule has 0 spiro atoms. The van der Waals surface area contributed by atoms with Crippen LogP contribution in [0.15, 0.2) is 42.7 Å². The first-order chi connectivity index (χ1) is 12.2. The van der Waals surface area contributed by atoms with Crippen molar-refractivity contribution in [1.82, 2.24) is 9.97 Å². The highest BCUT2D eigenvalue weighted by Crippen LogP contribution is 2.32. The Morgan fingerprint density at radius 1 is 1.16 bits per heavy atom. The highest BCUT2D eigenvalue weighted by Gasteiger charge is 2.19. The maximum absolute atomic E-state index is 13.2. The van der Waals surface area contributed by atoms with Gasteiger partial charge in [0.1, 0.15) is 5.82 Å². The fourth-order valence-corrected chi connectivity index (χ4v) is 3.76. The lowest BCUT2D eigenvalue weighted by atomic mass is 9.79. The van der Waals surface area contributed by atoms with E-state index < -0.39 is 5.82 Å². The molecular weight excluding hydrogens is 335 g/mol. The highest BCUT2D eigenvalue weighted by molar-refractivity contribution is 6.31. The lowest BCUT2D eigenvalue weighted by molar-refractivity contribution is 0.296. The fourth-order valence-electron chi connectivity index (χ4n) is 3.58. The van der Waals surface area contributed by atoms with Gasteiger partial charge in [-0.25, -0.2) is 14.4 Å². The highest BCUT2D eigenvalue weighted by atomic mass is 35.5. The number of aromatic nitrogens is 2. The van der Waals surface area contributed by atoms with E-state index in [0.29, 0.717) is 5.82 Å². The summed E-state index contributed by atoms with van der Waals surface area (Å²) in [7, 11) is 0. The molecule has 0 amide bonds. The first-order valence-electron chi connectivity index (χ1n) is 9.05. The molecule has 1 heterocycles. The Morgan fingerprint density at radius 2 is 1.88 bits per heavy atom. The predicted octanol–water partition coefficient (Wildman–Crippen LogP) is 6.25. The van der Waals surface area contributed by atoms with Gasteiger partial charge in [-0.1, -0.05) is 23.8 Å². The van der Waals surface area contributed by atoms with Gasteiger partial charge in [-0.15, -0.1) is 0 Å². The summed E-state index contributed by atoms with van der Waals surface area (Å²) in [5.41, 5.74) is 1.90. The molecule has 1 aliphatic carbocycles. The zero-order chi connectivity index (χ0) is 17.6. The molecule has 1 fully saturated rings. The van der Waals surface area contributed by atoms with E-state index in [-0.39, 0.29) is 5.02 Å². The Balaban J connectivity index is 1.54. The van der Waals surface area contributed by atoms with Gasteiger partial charge in [0.05, 0.1) is 5.02 Å². The number of hydrogen-bond acceptors (Lipinski definition) is 2. The summed E-state index contributed by atoms with van der Waals surface area (Å²) in [6.07, 6.45) is 15.8. The van der Waals surface area contributed by atoms with Crippen LogP contribution in [0.5, 0.6) is 0 Å². The second kappa shape index (κ2) is 8.57. The van der Waals surface area contributed by atoms with Crippen molar-refractivity contribution in [2.75, 3.05) is 0 Å². The van der Waals surface area contributed by atoms with E-state index in [9.17, 15) is 4.39 Å². The van der Waals surface area contributed by atoms with Gasteiger partial charge in [-0.05, 0) is 81.0 Å². The van der Waals surface area contributed by atoms with Crippen LogP contribution < -0.4 is 0 Å². The zero-order valence-electron chi connectivity index (χ0n) is 14.6. The van der Waals surface area contributed by atoms with Crippen molar-refractivity contribution < 1.29 is 4.39 Å². The lowest BCUT2D eigenvalue weighted by Crippen LogP contribution is -2.13. The Bertz CT molecular complexity index is 719.